The molecule has 0 radical (unpaired) electrons. The lowest BCUT2D eigenvalue weighted by Gasteiger charge is -2.30. The third kappa shape index (κ3) is 2.11. The minimum Gasteiger partial charge on any atom is -0.338 e. The molecule has 1 aliphatic heterocycles. The van der Waals surface area contributed by atoms with Crippen LogP contribution in [-0.4, -0.2) is 38.5 Å². The van der Waals surface area contributed by atoms with Crippen molar-refractivity contribution in [2.75, 3.05) is 13.1 Å². The monoisotopic (exact) mass is 274 g/mol. The maximum atomic E-state index is 12.6. The maximum absolute atomic E-state index is 12.6. The largest absolute Gasteiger partial charge is 0.338 e. The van der Waals surface area contributed by atoms with Crippen LogP contribution in [0.1, 0.15) is 35.8 Å². The second-order valence-corrected chi connectivity index (χ2v) is 5.58. The molecule has 1 aliphatic rings. The summed E-state index contributed by atoms with van der Waals surface area (Å²) in [4.78, 5) is 30.6. The van der Waals surface area contributed by atoms with Crippen LogP contribution < -0.4 is 5.56 Å². The van der Waals surface area contributed by atoms with E-state index >= 15 is 0 Å². The molecule has 1 saturated heterocycles. The highest BCUT2D eigenvalue weighted by atomic mass is 16.2. The average molecular weight is 274 g/mol. The SMILES string of the molecule is Cc1cc(=O)n2[nH]cc(C(=O)N3CCCC(C)C3)c2n1. The minimum absolute atomic E-state index is 0.0483. The van der Waals surface area contributed by atoms with Gasteiger partial charge in [-0.3, -0.25) is 14.7 Å². The number of amides is 1. The first-order valence-corrected chi connectivity index (χ1v) is 6.93. The van der Waals surface area contributed by atoms with Gasteiger partial charge in [-0.1, -0.05) is 6.92 Å². The van der Waals surface area contributed by atoms with Crippen LogP contribution in [0.15, 0.2) is 17.1 Å². The number of aromatic nitrogens is 3. The number of rotatable bonds is 1. The normalized spacial score (nSPS) is 19.5. The summed E-state index contributed by atoms with van der Waals surface area (Å²) in [6.45, 7) is 5.45. The highest BCUT2D eigenvalue weighted by molar-refractivity contribution is 5.99. The van der Waals surface area contributed by atoms with Crippen LogP contribution in [-0.2, 0) is 0 Å². The van der Waals surface area contributed by atoms with E-state index in [1.807, 2.05) is 4.90 Å². The second-order valence-electron chi connectivity index (χ2n) is 5.58. The van der Waals surface area contributed by atoms with Gasteiger partial charge in [-0.2, -0.15) is 0 Å². The van der Waals surface area contributed by atoms with E-state index in [-0.39, 0.29) is 11.5 Å². The van der Waals surface area contributed by atoms with Gasteiger partial charge < -0.3 is 4.90 Å². The molecule has 2 aromatic rings. The third-order valence-electron chi connectivity index (χ3n) is 3.80. The van der Waals surface area contributed by atoms with Gasteiger partial charge in [-0.25, -0.2) is 9.50 Å². The van der Waals surface area contributed by atoms with E-state index < -0.39 is 0 Å². The van der Waals surface area contributed by atoms with E-state index in [1.54, 1.807) is 13.1 Å². The number of piperidine rings is 1. The Balaban J connectivity index is 2.01. The van der Waals surface area contributed by atoms with Crippen LogP contribution in [0.2, 0.25) is 0 Å². The van der Waals surface area contributed by atoms with Crippen molar-refractivity contribution in [1.29, 1.82) is 0 Å². The lowest BCUT2D eigenvalue weighted by molar-refractivity contribution is 0.0685. The van der Waals surface area contributed by atoms with E-state index in [2.05, 4.69) is 17.0 Å². The molecule has 0 aromatic carbocycles. The number of likely N-dealkylation sites (tertiary alicyclic amines) is 1. The molecule has 0 aliphatic carbocycles. The number of nitrogens with one attached hydrogen (secondary N) is 1. The van der Waals surface area contributed by atoms with Crippen LogP contribution >= 0.6 is 0 Å². The van der Waals surface area contributed by atoms with Gasteiger partial charge in [0.2, 0.25) is 0 Å². The minimum atomic E-state index is -0.196. The smallest absolute Gasteiger partial charge is 0.272 e. The van der Waals surface area contributed by atoms with Gasteiger partial charge >= 0.3 is 0 Å². The van der Waals surface area contributed by atoms with Crippen LogP contribution in [0.4, 0.5) is 0 Å². The van der Waals surface area contributed by atoms with Crippen molar-refractivity contribution in [1.82, 2.24) is 19.5 Å². The number of carbonyl (C=O) groups excluding carboxylic acids is 1. The summed E-state index contributed by atoms with van der Waals surface area (Å²) >= 11 is 0. The summed E-state index contributed by atoms with van der Waals surface area (Å²) in [5.74, 6) is 0.475. The summed E-state index contributed by atoms with van der Waals surface area (Å²) in [5, 5.41) is 2.81. The van der Waals surface area contributed by atoms with Gasteiger partial charge in [0.25, 0.3) is 11.5 Å². The summed E-state index contributed by atoms with van der Waals surface area (Å²) in [7, 11) is 0. The molecule has 106 valence electrons. The molecule has 2 aromatic heterocycles. The first kappa shape index (κ1) is 12.9. The molecule has 6 heteroatoms. The van der Waals surface area contributed by atoms with Crippen molar-refractivity contribution in [2.24, 2.45) is 5.92 Å². The Bertz CT molecular complexity index is 716. The summed E-state index contributed by atoms with van der Waals surface area (Å²) in [6, 6.07) is 1.45. The van der Waals surface area contributed by atoms with E-state index in [4.69, 9.17) is 0 Å². The molecular weight excluding hydrogens is 256 g/mol. The molecule has 1 unspecified atom stereocenters. The molecule has 1 atom stereocenters. The van der Waals surface area contributed by atoms with Crippen molar-refractivity contribution in [3.05, 3.63) is 33.9 Å². The maximum Gasteiger partial charge on any atom is 0.272 e. The second kappa shape index (κ2) is 4.77. The fourth-order valence-corrected chi connectivity index (χ4v) is 2.80. The molecule has 20 heavy (non-hydrogen) atoms. The Hall–Kier alpha value is -2.11. The Morgan fingerprint density at radius 3 is 3.05 bits per heavy atom. The number of carbonyl (C=O) groups is 1. The summed E-state index contributed by atoms with van der Waals surface area (Å²) in [6.07, 6.45) is 3.76. The topological polar surface area (TPSA) is 70.5 Å². The predicted molar refractivity (Wildman–Crippen MR) is 74.9 cm³/mol. The lowest BCUT2D eigenvalue weighted by Crippen LogP contribution is -2.39. The fourth-order valence-electron chi connectivity index (χ4n) is 2.80. The zero-order valence-electron chi connectivity index (χ0n) is 11.7. The molecule has 0 spiro atoms. The number of hydrogen-bond donors (Lipinski definition) is 1. The van der Waals surface area contributed by atoms with Crippen LogP contribution in [0.3, 0.4) is 0 Å². The highest BCUT2D eigenvalue weighted by Gasteiger charge is 2.25. The number of nitrogens with zero attached hydrogens (tertiary/aromatic N) is 3. The molecule has 3 heterocycles. The van der Waals surface area contributed by atoms with Gasteiger partial charge in [-0.05, 0) is 25.7 Å². The summed E-state index contributed by atoms with van der Waals surface area (Å²) in [5.41, 5.74) is 1.31. The van der Waals surface area contributed by atoms with E-state index in [0.717, 1.165) is 25.9 Å². The zero-order valence-corrected chi connectivity index (χ0v) is 11.7. The Morgan fingerprint density at radius 1 is 1.50 bits per heavy atom. The van der Waals surface area contributed by atoms with Crippen molar-refractivity contribution in [2.45, 2.75) is 26.7 Å². The number of aryl methyl sites for hydroxylation is 1. The predicted octanol–water partition coefficient (Wildman–Crippen LogP) is 1.20. The Labute approximate surface area is 116 Å². The van der Waals surface area contributed by atoms with E-state index in [1.165, 1.54) is 10.6 Å². The van der Waals surface area contributed by atoms with E-state index in [9.17, 15) is 9.59 Å². The molecule has 1 fully saturated rings. The van der Waals surface area contributed by atoms with E-state index in [0.29, 0.717) is 22.8 Å². The molecular formula is C14H18N4O2. The van der Waals surface area contributed by atoms with Gasteiger partial charge in [0, 0.05) is 31.0 Å². The lowest BCUT2D eigenvalue weighted by atomic mass is 10.00. The molecule has 0 bridgehead atoms. The number of aromatic amines is 1. The van der Waals surface area contributed by atoms with Crippen molar-refractivity contribution in [3.63, 3.8) is 0 Å². The van der Waals surface area contributed by atoms with Gasteiger partial charge in [0.05, 0.1) is 0 Å². The third-order valence-corrected chi connectivity index (χ3v) is 3.80. The van der Waals surface area contributed by atoms with Crippen LogP contribution in [0.25, 0.3) is 5.65 Å². The highest BCUT2D eigenvalue weighted by Crippen LogP contribution is 2.19. The standard InChI is InChI=1S/C14H18N4O2/c1-9-4-3-5-17(8-9)14(20)11-7-15-18-12(19)6-10(2)16-13(11)18/h6-7,9,15H,3-5,8H2,1-2H3. The molecule has 0 saturated carbocycles. The zero-order chi connectivity index (χ0) is 14.3. The van der Waals surface area contributed by atoms with Crippen molar-refractivity contribution < 1.29 is 4.79 Å². The fraction of sp³-hybridized carbons (Fsp3) is 0.500. The Kier molecular flexibility index (Phi) is 3.08. The molecule has 3 rings (SSSR count). The quantitative estimate of drug-likeness (QED) is 0.849. The Morgan fingerprint density at radius 2 is 2.30 bits per heavy atom. The number of H-pyrrole nitrogens is 1. The molecule has 1 amide bonds. The van der Waals surface area contributed by atoms with Gasteiger partial charge in [-0.15, -0.1) is 0 Å². The first-order valence-electron chi connectivity index (χ1n) is 6.93. The first-order chi connectivity index (χ1) is 9.56. The van der Waals surface area contributed by atoms with Gasteiger partial charge in [0.1, 0.15) is 5.56 Å². The van der Waals surface area contributed by atoms with Crippen molar-refractivity contribution >= 4 is 11.6 Å². The van der Waals surface area contributed by atoms with Crippen LogP contribution in [0, 0.1) is 12.8 Å². The van der Waals surface area contributed by atoms with Gasteiger partial charge in [0.15, 0.2) is 5.65 Å². The number of hydrogen-bond acceptors (Lipinski definition) is 3. The average Bonchev–Trinajstić information content (AvgIpc) is 2.81. The van der Waals surface area contributed by atoms with Crippen LogP contribution in [0.5, 0.6) is 0 Å². The summed E-state index contributed by atoms with van der Waals surface area (Å²) < 4.78 is 1.31. The molecule has 1 N–H and O–H groups in total. The van der Waals surface area contributed by atoms with Crippen molar-refractivity contribution in [3.8, 4) is 0 Å². The number of fused-ring (bicyclic) bond motifs is 1. The molecule has 6 nitrogen and oxygen atoms in total.